The van der Waals surface area contributed by atoms with Crippen molar-refractivity contribution < 1.29 is 24.6 Å². The molecule has 3 rings (SSSR count). The second-order valence-corrected chi connectivity index (χ2v) is 7.28. The molecular formula is C20H29N3O5. The minimum Gasteiger partial charge on any atom is -0.473 e. The van der Waals surface area contributed by atoms with E-state index in [2.05, 4.69) is 26.9 Å². The maximum Gasteiger partial charge on any atom is 0.414 e. The smallest absolute Gasteiger partial charge is 0.414 e. The number of likely N-dealkylation sites (tertiary alicyclic amines) is 2. The number of carbonyl (C=O) groups is 3. The van der Waals surface area contributed by atoms with Crippen molar-refractivity contribution in [3.8, 4) is 0 Å². The van der Waals surface area contributed by atoms with Crippen LogP contribution in [0.4, 0.5) is 0 Å². The Hall–Kier alpha value is -2.48. The number of carboxylic acids is 2. The van der Waals surface area contributed by atoms with Crippen LogP contribution in [0, 0.1) is 5.92 Å². The molecule has 2 aliphatic heterocycles. The number of piperidine rings is 1. The third-order valence-corrected chi connectivity index (χ3v) is 5.11. The third-order valence-electron chi connectivity index (χ3n) is 5.11. The molecule has 0 bridgehead atoms. The molecule has 0 aliphatic carbocycles. The van der Waals surface area contributed by atoms with Gasteiger partial charge in [0.25, 0.3) is 0 Å². The van der Waals surface area contributed by atoms with Crippen LogP contribution in [0.5, 0.6) is 0 Å². The quantitative estimate of drug-likeness (QED) is 0.757. The van der Waals surface area contributed by atoms with Gasteiger partial charge in [-0.1, -0.05) is 12.8 Å². The van der Waals surface area contributed by atoms with E-state index in [0.29, 0.717) is 5.91 Å². The van der Waals surface area contributed by atoms with E-state index < -0.39 is 11.9 Å². The Balaban J connectivity index is 0.000000409. The molecule has 1 aromatic rings. The zero-order valence-corrected chi connectivity index (χ0v) is 16.1. The van der Waals surface area contributed by atoms with Crippen LogP contribution in [0.1, 0.15) is 44.1 Å². The predicted molar refractivity (Wildman–Crippen MR) is 103 cm³/mol. The van der Waals surface area contributed by atoms with Crippen molar-refractivity contribution in [2.45, 2.75) is 45.1 Å². The minimum atomic E-state index is -1.82. The number of carbonyl (C=O) groups excluding carboxylic acids is 1. The van der Waals surface area contributed by atoms with Gasteiger partial charge in [-0.3, -0.25) is 14.7 Å². The molecule has 8 nitrogen and oxygen atoms in total. The average Bonchev–Trinajstić information content (AvgIpc) is 2.98. The molecule has 1 atom stereocenters. The number of pyridine rings is 1. The van der Waals surface area contributed by atoms with Gasteiger partial charge in [0.1, 0.15) is 0 Å². The maximum absolute atomic E-state index is 12.8. The minimum absolute atomic E-state index is 0.202. The second-order valence-electron chi connectivity index (χ2n) is 7.28. The van der Waals surface area contributed by atoms with Gasteiger partial charge in [-0.25, -0.2) is 9.59 Å². The van der Waals surface area contributed by atoms with Crippen LogP contribution in [0.15, 0.2) is 24.5 Å². The fourth-order valence-corrected chi connectivity index (χ4v) is 3.70. The van der Waals surface area contributed by atoms with Gasteiger partial charge in [-0.15, -0.1) is 0 Å². The standard InChI is InChI=1S/C18H27N3O.C2H2O4/c22-18(21-12-3-1-2-4-13-21)17-6-5-11-20(15-17)14-16-7-9-19-10-8-16;3-1(4)2(5)6/h7-10,17H,1-6,11-15H2;(H,3,4)(H,5,6). The molecular weight excluding hydrogens is 362 g/mol. The van der Waals surface area contributed by atoms with Gasteiger partial charge >= 0.3 is 11.9 Å². The van der Waals surface area contributed by atoms with E-state index in [1.54, 1.807) is 0 Å². The molecule has 0 aromatic carbocycles. The lowest BCUT2D eigenvalue weighted by atomic mass is 9.96. The molecule has 2 N–H and O–H groups in total. The highest BCUT2D eigenvalue weighted by atomic mass is 16.4. The fourth-order valence-electron chi connectivity index (χ4n) is 3.70. The predicted octanol–water partition coefficient (Wildman–Crippen LogP) is 1.85. The lowest BCUT2D eigenvalue weighted by Gasteiger charge is -2.34. The Bertz CT molecular complexity index is 633. The molecule has 1 aromatic heterocycles. The first kappa shape index (κ1) is 21.8. The molecule has 28 heavy (non-hydrogen) atoms. The van der Waals surface area contributed by atoms with E-state index in [-0.39, 0.29) is 5.92 Å². The van der Waals surface area contributed by atoms with Crippen LogP contribution in [0.3, 0.4) is 0 Å². The first-order chi connectivity index (χ1) is 13.5. The summed E-state index contributed by atoms with van der Waals surface area (Å²) >= 11 is 0. The average molecular weight is 391 g/mol. The zero-order chi connectivity index (χ0) is 20.4. The van der Waals surface area contributed by atoms with Crippen molar-refractivity contribution in [3.63, 3.8) is 0 Å². The van der Waals surface area contributed by atoms with Gasteiger partial charge in [-0.05, 0) is 49.9 Å². The van der Waals surface area contributed by atoms with Crippen LogP contribution in [0.25, 0.3) is 0 Å². The Morgan fingerprint density at radius 2 is 1.54 bits per heavy atom. The Kier molecular flexibility index (Phi) is 8.87. The molecule has 1 amide bonds. The number of nitrogens with zero attached hydrogens (tertiary/aromatic N) is 3. The van der Waals surface area contributed by atoms with E-state index in [9.17, 15) is 4.79 Å². The summed E-state index contributed by atoms with van der Waals surface area (Å²) in [5, 5.41) is 14.8. The number of rotatable bonds is 3. The third kappa shape index (κ3) is 7.26. The van der Waals surface area contributed by atoms with Crippen molar-refractivity contribution in [1.82, 2.24) is 14.8 Å². The number of aromatic nitrogens is 1. The molecule has 154 valence electrons. The summed E-state index contributed by atoms with van der Waals surface area (Å²) in [7, 11) is 0. The van der Waals surface area contributed by atoms with E-state index in [1.807, 2.05) is 12.4 Å². The number of aliphatic carboxylic acids is 2. The first-order valence-electron chi connectivity index (χ1n) is 9.83. The van der Waals surface area contributed by atoms with E-state index >= 15 is 0 Å². The monoisotopic (exact) mass is 391 g/mol. The fraction of sp³-hybridized carbons (Fsp3) is 0.600. The number of hydrogen-bond donors (Lipinski definition) is 2. The van der Waals surface area contributed by atoms with Crippen LogP contribution in [-0.2, 0) is 20.9 Å². The summed E-state index contributed by atoms with van der Waals surface area (Å²) in [6.07, 6.45) is 10.8. The molecule has 0 spiro atoms. The van der Waals surface area contributed by atoms with Gasteiger partial charge in [-0.2, -0.15) is 0 Å². The topological polar surface area (TPSA) is 111 Å². The molecule has 2 fully saturated rings. The Morgan fingerprint density at radius 1 is 0.929 bits per heavy atom. The number of carboxylic acid groups (broad SMARTS) is 2. The van der Waals surface area contributed by atoms with Gasteiger partial charge in [0, 0.05) is 38.6 Å². The summed E-state index contributed by atoms with van der Waals surface area (Å²) < 4.78 is 0. The van der Waals surface area contributed by atoms with Gasteiger partial charge < -0.3 is 15.1 Å². The van der Waals surface area contributed by atoms with Crippen LogP contribution in [-0.4, -0.2) is 69.0 Å². The normalized spacial score (nSPS) is 20.4. The SMILES string of the molecule is O=C(C1CCCN(Cc2ccncc2)C1)N1CCCCCC1.O=C(O)C(=O)O. The van der Waals surface area contributed by atoms with Crippen LogP contribution < -0.4 is 0 Å². The largest absolute Gasteiger partial charge is 0.473 e. The van der Waals surface area contributed by atoms with Crippen molar-refractivity contribution in [3.05, 3.63) is 30.1 Å². The lowest BCUT2D eigenvalue weighted by Crippen LogP contribution is -2.44. The highest BCUT2D eigenvalue weighted by Crippen LogP contribution is 2.22. The van der Waals surface area contributed by atoms with E-state index in [4.69, 9.17) is 19.8 Å². The zero-order valence-electron chi connectivity index (χ0n) is 16.1. The summed E-state index contributed by atoms with van der Waals surface area (Å²) in [5.74, 6) is -3.04. The molecule has 2 aliphatic rings. The molecule has 0 saturated carbocycles. The highest BCUT2D eigenvalue weighted by Gasteiger charge is 2.29. The first-order valence-corrected chi connectivity index (χ1v) is 9.83. The summed E-state index contributed by atoms with van der Waals surface area (Å²) in [4.78, 5) is 39.6. The lowest BCUT2D eigenvalue weighted by molar-refractivity contribution is -0.159. The van der Waals surface area contributed by atoms with Crippen molar-refractivity contribution in [2.24, 2.45) is 5.92 Å². The number of hydrogen-bond acceptors (Lipinski definition) is 5. The van der Waals surface area contributed by atoms with Crippen LogP contribution in [0.2, 0.25) is 0 Å². The van der Waals surface area contributed by atoms with Gasteiger partial charge in [0.2, 0.25) is 5.91 Å². The maximum atomic E-state index is 12.8. The molecule has 0 radical (unpaired) electrons. The Morgan fingerprint density at radius 3 is 2.11 bits per heavy atom. The Labute approximate surface area is 165 Å². The van der Waals surface area contributed by atoms with Crippen molar-refractivity contribution in [1.29, 1.82) is 0 Å². The summed E-state index contributed by atoms with van der Waals surface area (Å²) in [5.41, 5.74) is 1.29. The molecule has 2 saturated heterocycles. The van der Waals surface area contributed by atoms with Crippen molar-refractivity contribution in [2.75, 3.05) is 26.2 Å². The van der Waals surface area contributed by atoms with Gasteiger partial charge in [0.05, 0.1) is 5.92 Å². The number of amides is 1. The molecule has 3 heterocycles. The summed E-state index contributed by atoms with van der Waals surface area (Å²) in [6.45, 7) is 4.90. The van der Waals surface area contributed by atoms with Gasteiger partial charge in [0.15, 0.2) is 0 Å². The van der Waals surface area contributed by atoms with Crippen LogP contribution >= 0.6 is 0 Å². The molecule has 1 unspecified atom stereocenters. The van der Waals surface area contributed by atoms with E-state index in [1.165, 1.54) is 31.2 Å². The van der Waals surface area contributed by atoms with E-state index in [0.717, 1.165) is 45.6 Å². The van der Waals surface area contributed by atoms with Crippen molar-refractivity contribution >= 4 is 17.8 Å². The highest BCUT2D eigenvalue weighted by molar-refractivity contribution is 6.27. The second kappa shape index (κ2) is 11.4. The summed E-state index contributed by atoms with van der Waals surface area (Å²) in [6, 6.07) is 4.14. The molecule has 8 heteroatoms.